The quantitative estimate of drug-likeness (QED) is 0.776. The Labute approximate surface area is 145 Å². The average molecular weight is 344 g/mol. The standard InChI is InChI=1S/C18H20N2O3S/c1-24-17-5-3-2-4-16(17)22-11-14-9-15(19-23-14)18(21)20-10-12-6-7-13(20)8-12/h2-5,9,12-13H,6-8,10-11H2,1H3/t12-,13-/m0/s1. The molecule has 126 valence electrons. The molecule has 0 unspecified atom stereocenters. The fraction of sp³-hybridized carbons (Fsp3) is 0.444. The van der Waals surface area contributed by atoms with Gasteiger partial charge >= 0.3 is 0 Å². The first-order chi connectivity index (χ1) is 11.7. The van der Waals surface area contributed by atoms with E-state index < -0.39 is 0 Å². The van der Waals surface area contributed by atoms with Crippen molar-refractivity contribution in [3.63, 3.8) is 0 Å². The molecule has 2 aromatic rings. The first-order valence-corrected chi connectivity index (χ1v) is 9.49. The Balaban J connectivity index is 1.41. The molecule has 1 amide bonds. The minimum Gasteiger partial charge on any atom is -0.484 e. The third kappa shape index (κ3) is 2.90. The minimum absolute atomic E-state index is 0.0123. The number of thioether (sulfide) groups is 1. The summed E-state index contributed by atoms with van der Waals surface area (Å²) in [4.78, 5) is 15.6. The summed E-state index contributed by atoms with van der Waals surface area (Å²) in [7, 11) is 0. The lowest BCUT2D eigenvalue weighted by molar-refractivity contribution is 0.0692. The van der Waals surface area contributed by atoms with Crippen molar-refractivity contribution < 1.29 is 14.1 Å². The number of para-hydroxylation sites is 1. The van der Waals surface area contributed by atoms with E-state index in [1.165, 1.54) is 6.42 Å². The highest BCUT2D eigenvalue weighted by Crippen LogP contribution is 2.38. The van der Waals surface area contributed by atoms with Crippen LogP contribution in [0.5, 0.6) is 5.75 Å². The van der Waals surface area contributed by atoms with Crippen LogP contribution in [-0.4, -0.2) is 34.8 Å². The van der Waals surface area contributed by atoms with Crippen molar-refractivity contribution in [1.82, 2.24) is 10.1 Å². The number of hydrogen-bond donors (Lipinski definition) is 0. The number of fused-ring (bicyclic) bond motifs is 2. The first kappa shape index (κ1) is 15.6. The zero-order chi connectivity index (χ0) is 16.5. The van der Waals surface area contributed by atoms with Crippen molar-refractivity contribution >= 4 is 17.7 Å². The molecule has 0 radical (unpaired) electrons. The van der Waals surface area contributed by atoms with Gasteiger partial charge in [0, 0.05) is 23.5 Å². The van der Waals surface area contributed by atoms with Crippen LogP contribution in [0.15, 0.2) is 39.8 Å². The summed E-state index contributed by atoms with van der Waals surface area (Å²) in [5, 5.41) is 3.95. The molecule has 2 aliphatic rings. The van der Waals surface area contributed by atoms with Gasteiger partial charge in [-0.25, -0.2) is 0 Å². The Morgan fingerprint density at radius 3 is 3.04 bits per heavy atom. The highest BCUT2D eigenvalue weighted by Gasteiger charge is 2.41. The number of amides is 1. The summed E-state index contributed by atoms with van der Waals surface area (Å²) in [5.41, 5.74) is 0.388. The number of rotatable bonds is 5. The second kappa shape index (κ2) is 6.51. The molecule has 0 N–H and O–H groups in total. The Morgan fingerprint density at radius 1 is 1.42 bits per heavy atom. The number of nitrogens with zero attached hydrogens (tertiary/aromatic N) is 2. The molecule has 1 saturated carbocycles. The Kier molecular flexibility index (Phi) is 4.22. The van der Waals surface area contributed by atoms with Crippen molar-refractivity contribution in [3.8, 4) is 5.75 Å². The van der Waals surface area contributed by atoms with Crippen LogP contribution >= 0.6 is 11.8 Å². The van der Waals surface area contributed by atoms with Crippen LogP contribution in [0.3, 0.4) is 0 Å². The van der Waals surface area contributed by atoms with Gasteiger partial charge in [-0.15, -0.1) is 11.8 Å². The lowest BCUT2D eigenvalue weighted by Gasteiger charge is -2.25. The van der Waals surface area contributed by atoms with Gasteiger partial charge in [0.1, 0.15) is 12.4 Å². The molecule has 2 atom stereocenters. The molecule has 0 spiro atoms. The largest absolute Gasteiger partial charge is 0.484 e. The number of hydrogen-bond acceptors (Lipinski definition) is 5. The second-order valence-corrected chi connectivity index (χ2v) is 7.26. The molecule has 5 nitrogen and oxygen atoms in total. The van der Waals surface area contributed by atoms with Gasteiger partial charge in [0.25, 0.3) is 5.91 Å². The van der Waals surface area contributed by atoms with E-state index >= 15 is 0 Å². The van der Waals surface area contributed by atoms with Crippen molar-refractivity contribution in [2.24, 2.45) is 5.92 Å². The summed E-state index contributed by atoms with van der Waals surface area (Å²) in [6, 6.07) is 9.95. The van der Waals surface area contributed by atoms with E-state index in [-0.39, 0.29) is 12.5 Å². The Bertz CT molecular complexity index is 745. The van der Waals surface area contributed by atoms with Crippen molar-refractivity contribution in [2.45, 2.75) is 36.8 Å². The highest BCUT2D eigenvalue weighted by atomic mass is 32.2. The molecule has 2 heterocycles. The summed E-state index contributed by atoms with van der Waals surface area (Å²) in [6.45, 7) is 1.13. The molecular formula is C18H20N2O3S. The molecule has 1 aromatic carbocycles. The second-order valence-electron chi connectivity index (χ2n) is 6.41. The zero-order valence-electron chi connectivity index (χ0n) is 13.6. The zero-order valence-corrected chi connectivity index (χ0v) is 14.4. The van der Waals surface area contributed by atoms with E-state index in [0.717, 1.165) is 30.0 Å². The van der Waals surface area contributed by atoms with Gasteiger partial charge in [0.2, 0.25) is 0 Å². The number of carbonyl (C=O) groups is 1. The smallest absolute Gasteiger partial charge is 0.276 e. The molecule has 1 saturated heterocycles. The van der Waals surface area contributed by atoms with Crippen LogP contribution in [0.25, 0.3) is 0 Å². The SMILES string of the molecule is CSc1ccccc1OCc1cc(C(=O)N2C[C@H]3CC[C@H]2C3)no1. The molecule has 1 aliphatic carbocycles. The van der Waals surface area contributed by atoms with Gasteiger partial charge in [-0.2, -0.15) is 0 Å². The van der Waals surface area contributed by atoms with Gasteiger partial charge in [0.15, 0.2) is 11.5 Å². The number of benzene rings is 1. The van der Waals surface area contributed by atoms with Crippen LogP contribution in [0.4, 0.5) is 0 Å². The molecule has 2 fully saturated rings. The van der Waals surface area contributed by atoms with Gasteiger partial charge in [0.05, 0.1) is 0 Å². The van der Waals surface area contributed by atoms with Crippen LogP contribution in [0.1, 0.15) is 35.5 Å². The predicted molar refractivity (Wildman–Crippen MR) is 91.2 cm³/mol. The molecule has 4 rings (SSSR count). The summed E-state index contributed by atoms with van der Waals surface area (Å²) >= 11 is 1.63. The molecule has 24 heavy (non-hydrogen) atoms. The van der Waals surface area contributed by atoms with Crippen molar-refractivity contribution in [1.29, 1.82) is 0 Å². The van der Waals surface area contributed by atoms with Crippen LogP contribution in [0.2, 0.25) is 0 Å². The monoisotopic (exact) mass is 344 g/mol. The van der Waals surface area contributed by atoms with E-state index in [0.29, 0.717) is 23.4 Å². The highest BCUT2D eigenvalue weighted by molar-refractivity contribution is 7.98. The summed E-state index contributed by atoms with van der Waals surface area (Å²) in [6.07, 6.45) is 5.53. The van der Waals surface area contributed by atoms with Gasteiger partial charge in [-0.05, 0) is 43.6 Å². The summed E-state index contributed by atoms with van der Waals surface area (Å²) < 4.78 is 11.1. The maximum Gasteiger partial charge on any atom is 0.276 e. The van der Waals surface area contributed by atoms with Crippen molar-refractivity contribution in [2.75, 3.05) is 12.8 Å². The minimum atomic E-state index is -0.0123. The average Bonchev–Trinajstić information content (AvgIpc) is 3.36. The number of carbonyl (C=O) groups excluding carboxylic acids is 1. The van der Waals surface area contributed by atoms with Gasteiger partial charge in [-0.1, -0.05) is 17.3 Å². The fourth-order valence-electron chi connectivity index (χ4n) is 3.69. The normalized spacial score (nSPS) is 22.1. The van der Waals surface area contributed by atoms with E-state index in [4.69, 9.17) is 9.26 Å². The third-order valence-electron chi connectivity index (χ3n) is 4.89. The number of aromatic nitrogens is 1. The van der Waals surface area contributed by atoms with E-state index in [1.807, 2.05) is 35.4 Å². The lowest BCUT2D eigenvalue weighted by Crippen LogP contribution is -2.37. The molecule has 6 heteroatoms. The van der Waals surface area contributed by atoms with Crippen LogP contribution in [-0.2, 0) is 6.61 Å². The lowest BCUT2D eigenvalue weighted by atomic mass is 10.1. The van der Waals surface area contributed by atoms with E-state index in [9.17, 15) is 4.79 Å². The summed E-state index contributed by atoms with van der Waals surface area (Å²) in [5.74, 6) is 2.04. The first-order valence-electron chi connectivity index (χ1n) is 8.27. The van der Waals surface area contributed by atoms with Gasteiger partial charge in [-0.3, -0.25) is 4.79 Å². The molecule has 1 aliphatic heterocycles. The van der Waals surface area contributed by atoms with Gasteiger partial charge < -0.3 is 14.2 Å². The van der Waals surface area contributed by atoms with E-state index in [1.54, 1.807) is 17.8 Å². The fourth-order valence-corrected chi connectivity index (χ4v) is 4.23. The predicted octanol–water partition coefficient (Wildman–Crippen LogP) is 3.60. The maximum absolute atomic E-state index is 12.6. The third-order valence-corrected chi connectivity index (χ3v) is 5.66. The van der Waals surface area contributed by atoms with E-state index in [2.05, 4.69) is 5.16 Å². The Morgan fingerprint density at radius 2 is 2.29 bits per heavy atom. The Hall–Kier alpha value is -1.95. The molecule has 2 bridgehead atoms. The van der Waals surface area contributed by atoms with Crippen LogP contribution in [0, 0.1) is 5.92 Å². The van der Waals surface area contributed by atoms with Crippen LogP contribution < -0.4 is 4.74 Å². The number of ether oxygens (including phenoxy) is 1. The van der Waals surface area contributed by atoms with Crippen molar-refractivity contribution in [3.05, 3.63) is 41.8 Å². The maximum atomic E-state index is 12.6. The molecular weight excluding hydrogens is 324 g/mol. The molecule has 1 aromatic heterocycles. The number of likely N-dealkylation sites (tertiary alicyclic amines) is 1. The topological polar surface area (TPSA) is 55.6 Å². The number of piperidine rings is 1.